The molecular weight excluding hydrogens is 242 g/mol. The summed E-state index contributed by atoms with van der Waals surface area (Å²) in [7, 11) is 0. The number of aliphatic carboxylic acids is 1. The molecule has 0 aliphatic carbocycles. The maximum Gasteiger partial charge on any atom is 0.307 e. The Morgan fingerprint density at radius 3 is 2.42 bits per heavy atom. The summed E-state index contributed by atoms with van der Waals surface area (Å²) in [6.45, 7) is 4.91. The molecule has 1 aromatic carbocycles. The average molecular weight is 265 g/mol. The number of carboxylic acid groups (broad SMARTS) is 1. The third-order valence-electron chi connectivity index (χ3n) is 3.02. The van der Waals surface area contributed by atoms with E-state index < -0.39 is 5.97 Å². The van der Waals surface area contributed by atoms with E-state index in [1.807, 2.05) is 24.3 Å². The van der Waals surface area contributed by atoms with Gasteiger partial charge in [0.2, 0.25) is 0 Å². The first kappa shape index (κ1) is 15.7. The Labute approximate surface area is 114 Å². The first-order valence-corrected chi connectivity index (χ1v) is 6.65. The molecule has 4 heteroatoms. The number of hydrogen-bond acceptors (Lipinski definition) is 3. The zero-order chi connectivity index (χ0) is 14.3. The lowest BCUT2D eigenvalue weighted by atomic mass is 10.0. The van der Waals surface area contributed by atoms with Crippen LogP contribution in [0.2, 0.25) is 0 Å². The number of rotatable bonds is 8. The minimum absolute atomic E-state index is 0.0336. The van der Waals surface area contributed by atoms with Gasteiger partial charge in [0.1, 0.15) is 0 Å². The van der Waals surface area contributed by atoms with Crippen LogP contribution in [0.4, 0.5) is 0 Å². The SMILES string of the molecule is CC(C)CC(CO)NCc1ccccc1CC(=O)O. The summed E-state index contributed by atoms with van der Waals surface area (Å²) in [5, 5.41) is 21.5. The molecule has 1 rings (SSSR count). The summed E-state index contributed by atoms with van der Waals surface area (Å²) in [4.78, 5) is 10.8. The molecule has 0 radical (unpaired) electrons. The number of nitrogens with one attached hydrogen (secondary N) is 1. The van der Waals surface area contributed by atoms with Crippen LogP contribution < -0.4 is 5.32 Å². The maximum absolute atomic E-state index is 10.8. The van der Waals surface area contributed by atoms with Gasteiger partial charge >= 0.3 is 5.97 Å². The number of carboxylic acids is 1. The smallest absolute Gasteiger partial charge is 0.307 e. The summed E-state index contributed by atoms with van der Waals surface area (Å²) in [6, 6.07) is 7.56. The van der Waals surface area contributed by atoms with Gasteiger partial charge in [-0.25, -0.2) is 0 Å². The van der Waals surface area contributed by atoms with E-state index in [2.05, 4.69) is 19.2 Å². The van der Waals surface area contributed by atoms with E-state index in [1.165, 1.54) is 0 Å². The Hall–Kier alpha value is -1.39. The molecule has 0 fully saturated rings. The van der Waals surface area contributed by atoms with Crippen LogP contribution in [0.3, 0.4) is 0 Å². The summed E-state index contributed by atoms with van der Waals surface area (Å²) in [5.41, 5.74) is 1.80. The lowest BCUT2D eigenvalue weighted by Gasteiger charge is -2.19. The van der Waals surface area contributed by atoms with Gasteiger partial charge < -0.3 is 15.5 Å². The van der Waals surface area contributed by atoms with Gasteiger partial charge in [0.05, 0.1) is 13.0 Å². The monoisotopic (exact) mass is 265 g/mol. The second kappa shape index (κ2) is 7.92. The molecule has 0 amide bonds. The molecule has 0 spiro atoms. The lowest BCUT2D eigenvalue weighted by Crippen LogP contribution is -2.33. The lowest BCUT2D eigenvalue weighted by molar-refractivity contribution is -0.136. The van der Waals surface area contributed by atoms with Crippen molar-refractivity contribution in [3.8, 4) is 0 Å². The molecule has 0 aliphatic heterocycles. The van der Waals surface area contributed by atoms with Crippen LogP contribution in [-0.4, -0.2) is 28.8 Å². The second-order valence-corrected chi connectivity index (χ2v) is 5.23. The van der Waals surface area contributed by atoms with Crippen molar-refractivity contribution in [2.45, 2.75) is 39.3 Å². The average Bonchev–Trinajstić information content (AvgIpc) is 2.35. The van der Waals surface area contributed by atoms with Crippen molar-refractivity contribution in [2.75, 3.05) is 6.61 Å². The molecule has 0 aromatic heterocycles. The highest BCUT2D eigenvalue weighted by Crippen LogP contribution is 2.11. The van der Waals surface area contributed by atoms with Crippen LogP contribution in [0.5, 0.6) is 0 Å². The van der Waals surface area contributed by atoms with Gasteiger partial charge in [0, 0.05) is 12.6 Å². The van der Waals surface area contributed by atoms with E-state index in [0.29, 0.717) is 12.5 Å². The Morgan fingerprint density at radius 2 is 1.89 bits per heavy atom. The zero-order valence-corrected chi connectivity index (χ0v) is 11.6. The number of hydrogen-bond donors (Lipinski definition) is 3. The molecule has 3 N–H and O–H groups in total. The van der Waals surface area contributed by atoms with Crippen LogP contribution in [0, 0.1) is 5.92 Å². The van der Waals surface area contributed by atoms with Crippen LogP contribution in [0.1, 0.15) is 31.4 Å². The quantitative estimate of drug-likeness (QED) is 0.670. The first-order chi connectivity index (χ1) is 9.02. The predicted molar refractivity (Wildman–Crippen MR) is 75.0 cm³/mol. The van der Waals surface area contributed by atoms with Crippen LogP contribution >= 0.6 is 0 Å². The Kier molecular flexibility index (Phi) is 6.53. The fraction of sp³-hybridized carbons (Fsp3) is 0.533. The van der Waals surface area contributed by atoms with E-state index >= 15 is 0 Å². The van der Waals surface area contributed by atoms with E-state index in [-0.39, 0.29) is 19.1 Å². The first-order valence-electron chi connectivity index (χ1n) is 6.65. The molecule has 0 aliphatic rings. The van der Waals surface area contributed by atoms with Gasteiger partial charge in [0.15, 0.2) is 0 Å². The van der Waals surface area contributed by atoms with Gasteiger partial charge in [-0.15, -0.1) is 0 Å². The summed E-state index contributed by atoms with van der Waals surface area (Å²) < 4.78 is 0. The van der Waals surface area contributed by atoms with E-state index in [0.717, 1.165) is 17.5 Å². The highest BCUT2D eigenvalue weighted by atomic mass is 16.4. The fourth-order valence-corrected chi connectivity index (χ4v) is 2.11. The Balaban J connectivity index is 2.63. The second-order valence-electron chi connectivity index (χ2n) is 5.23. The van der Waals surface area contributed by atoms with Crippen molar-refractivity contribution < 1.29 is 15.0 Å². The van der Waals surface area contributed by atoms with Crippen molar-refractivity contribution in [1.29, 1.82) is 0 Å². The molecule has 0 saturated carbocycles. The van der Waals surface area contributed by atoms with E-state index in [9.17, 15) is 9.90 Å². The summed E-state index contributed by atoms with van der Waals surface area (Å²) >= 11 is 0. The van der Waals surface area contributed by atoms with Crippen LogP contribution in [0.15, 0.2) is 24.3 Å². The van der Waals surface area contributed by atoms with Gasteiger partial charge in [-0.2, -0.15) is 0 Å². The van der Waals surface area contributed by atoms with Crippen molar-refractivity contribution in [3.05, 3.63) is 35.4 Å². The topological polar surface area (TPSA) is 69.6 Å². The summed E-state index contributed by atoms with van der Waals surface area (Å²) in [6.07, 6.45) is 0.934. The van der Waals surface area contributed by atoms with Crippen LogP contribution in [-0.2, 0) is 17.8 Å². The number of benzene rings is 1. The maximum atomic E-state index is 10.8. The highest BCUT2D eigenvalue weighted by molar-refractivity contribution is 5.70. The van der Waals surface area contributed by atoms with Gasteiger partial charge in [-0.1, -0.05) is 38.1 Å². The molecule has 0 heterocycles. The zero-order valence-electron chi connectivity index (χ0n) is 11.6. The number of aliphatic hydroxyl groups is 1. The molecule has 0 saturated heterocycles. The third-order valence-corrected chi connectivity index (χ3v) is 3.02. The molecule has 106 valence electrons. The molecule has 0 bridgehead atoms. The van der Waals surface area contributed by atoms with Crippen molar-refractivity contribution in [1.82, 2.24) is 5.32 Å². The molecule has 1 unspecified atom stereocenters. The minimum atomic E-state index is -0.826. The number of aliphatic hydroxyl groups excluding tert-OH is 1. The Morgan fingerprint density at radius 1 is 1.26 bits per heavy atom. The van der Waals surface area contributed by atoms with Crippen LogP contribution in [0.25, 0.3) is 0 Å². The van der Waals surface area contributed by atoms with E-state index in [1.54, 1.807) is 0 Å². The molecule has 19 heavy (non-hydrogen) atoms. The fourth-order valence-electron chi connectivity index (χ4n) is 2.11. The minimum Gasteiger partial charge on any atom is -0.481 e. The standard InChI is InChI=1S/C15H23NO3/c1-11(2)7-14(10-17)16-9-13-6-4-3-5-12(13)8-15(18)19/h3-6,11,14,16-17H,7-10H2,1-2H3,(H,18,19). The molecular formula is C15H23NO3. The highest BCUT2D eigenvalue weighted by Gasteiger charge is 2.11. The molecule has 1 aromatic rings. The Bertz CT molecular complexity index is 404. The van der Waals surface area contributed by atoms with Gasteiger partial charge in [-0.3, -0.25) is 4.79 Å². The molecule has 4 nitrogen and oxygen atoms in total. The van der Waals surface area contributed by atoms with Gasteiger partial charge in [0.25, 0.3) is 0 Å². The third kappa shape index (κ3) is 5.85. The number of carbonyl (C=O) groups is 1. The normalized spacial score (nSPS) is 12.6. The molecule has 1 atom stereocenters. The summed E-state index contributed by atoms with van der Waals surface area (Å²) in [5.74, 6) is -0.313. The van der Waals surface area contributed by atoms with E-state index in [4.69, 9.17) is 5.11 Å². The van der Waals surface area contributed by atoms with Crippen molar-refractivity contribution in [2.24, 2.45) is 5.92 Å². The largest absolute Gasteiger partial charge is 0.481 e. The van der Waals surface area contributed by atoms with Crippen molar-refractivity contribution in [3.63, 3.8) is 0 Å². The predicted octanol–water partition coefficient (Wildman–Crippen LogP) is 1.81. The van der Waals surface area contributed by atoms with Crippen molar-refractivity contribution >= 4 is 5.97 Å². The van der Waals surface area contributed by atoms with Gasteiger partial charge in [-0.05, 0) is 23.5 Å².